The van der Waals surface area contributed by atoms with Gasteiger partial charge in [-0.1, -0.05) is 35.0 Å². The van der Waals surface area contributed by atoms with E-state index in [0.717, 1.165) is 5.56 Å². The fraction of sp³-hybridized carbons (Fsp3) is 0.0556. The standard InChI is InChI=1S/C18H12ClN5O2S/c19-12-6-4-11(5-7-12)9-21-16(25)18-22-14(10-27-18)17-23-15(24-26-17)13-3-1-2-8-20-13/h1-8,10H,9H2,(H,21,25). The van der Waals surface area contributed by atoms with Gasteiger partial charge in [-0.2, -0.15) is 4.98 Å². The number of nitrogens with zero attached hydrogens (tertiary/aromatic N) is 4. The molecule has 9 heteroatoms. The third-order valence-electron chi connectivity index (χ3n) is 3.60. The van der Waals surface area contributed by atoms with Gasteiger partial charge in [-0.05, 0) is 29.8 Å². The number of thiazole rings is 1. The van der Waals surface area contributed by atoms with Gasteiger partial charge in [0.15, 0.2) is 5.01 Å². The summed E-state index contributed by atoms with van der Waals surface area (Å²) in [6, 6.07) is 12.7. The van der Waals surface area contributed by atoms with Crippen LogP contribution >= 0.6 is 22.9 Å². The van der Waals surface area contributed by atoms with E-state index in [4.69, 9.17) is 16.1 Å². The molecule has 0 unspecified atom stereocenters. The van der Waals surface area contributed by atoms with Crippen LogP contribution in [-0.4, -0.2) is 26.0 Å². The Kier molecular flexibility index (Phi) is 4.91. The van der Waals surface area contributed by atoms with Crippen molar-refractivity contribution >= 4 is 28.8 Å². The van der Waals surface area contributed by atoms with Gasteiger partial charge in [0.2, 0.25) is 5.82 Å². The molecule has 0 fully saturated rings. The number of benzene rings is 1. The van der Waals surface area contributed by atoms with Crippen molar-refractivity contribution in [2.45, 2.75) is 6.54 Å². The van der Waals surface area contributed by atoms with E-state index in [-0.39, 0.29) is 11.8 Å². The molecule has 0 aliphatic carbocycles. The number of pyridine rings is 1. The topological polar surface area (TPSA) is 93.8 Å². The Labute approximate surface area is 163 Å². The van der Waals surface area contributed by atoms with E-state index < -0.39 is 0 Å². The van der Waals surface area contributed by atoms with Crippen LogP contribution in [0.15, 0.2) is 58.6 Å². The van der Waals surface area contributed by atoms with Crippen molar-refractivity contribution in [3.63, 3.8) is 0 Å². The zero-order valence-electron chi connectivity index (χ0n) is 13.8. The minimum atomic E-state index is -0.273. The number of carbonyl (C=O) groups excluding carboxylic acids is 1. The number of amides is 1. The second-order valence-electron chi connectivity index (χ2n) is 5.49. The summed E-state index contributed by atoms with van der Waals surface area (Å²) in [4.78, 5) is 25.0. The van der Waals surface area contributed by atoms with Crippen LogP contribution in [0.5, 0.6) is 0 Å². The van der Waals surface area contributed by atoms with Crippen LogP contribution in [0.1, 0.15) is 15.4 Å². The van der Waals surface area contributed by atoms with E-state index in [1.807, 2.05) is 18.2 Å². The summed E-state index contributed by atoms with van der Waals surface area (Å²) >= 11 is 7.06. The normalized spacial score (nSPS) is 10.7. The Morgan fingerprint density at radius 3 is 2.74 bits per heavy atom. The van der Waals surface area contributed by atoms with Gasteiger partial charge in [-0.15, -0.1) is 11.3 Å². The maximum Gasteiger partial charge on any atom is 0.280 e. The van der Waals surface area contributed by atoms with E-state index in [1.165, 1.54) is 11.3 Å². The van der Waals surface area contributed by atoms with Crippen LogP contribution in [0.25, 0.3) is 23.1 Å². The highest BCUT2D eigenvalue weighted by Gasteiger charge is 2.17. The summed E-state index contributed by atoms with van der Waals surface area (Å²) in [5.41, 5.74) is 2.00. The average Bonchev–Trinajstić information content (AvgIpc) is 3.37. The lowest BCUT2D eigenvalue weighted by molar-refractivity contribution is 0.0950. The molecule has 1 aromatic carbocycles. The third kappa shape index (κ3) is 4.02. The van der Waals surface area contributed by atoms with Crippen molar-refractivity contribution in [2.24, 2.45) is 0 Å². The quantitative estimate of drug-likeness (QED) is 0.550. The molecule has 0 radical (unpaired) electrons. The predicted octanol–water partition coefficient (Wildman–Crippen LogP) is 3.84. The van der Waals surface area contributed by atoms with Gasteiger partial charge in [0.1, 0.15) is 11.4 Å². The Morgan fingerprint density at radius 1 is 1.11 bits per heavy atom. The molecule has 0 spiro atoms. The van der Waals surface area contributed by atoms with Crippen LogP contribution in [0.3, 0.4) is 0 Å². The molecule has 0 saturated carbocycles. The molecule has 0 bridgehead atoms. The average molecular weight is 398 g/mol. The van der Waals surface area contributed by atoms with Crippen LogP contribution in [0.2, 0.25) is 5.02 Å². The molecule has 4 aromatic rings. The van der Waals surface area contributed by atoms with Crippen molar-refractivity contribution in [2.75, 3.05) is 0 Å². The van der Waals surface area contributed by atoms with Crippen LogP contribution in [0, 0.1) is 0 Å². The summed E-state index contributed by atoms with van der Waals surface area (Å²) in [6.07, 6.45) is 1.65. The summed E-state index contributed by atoms with van der Waals surface area (Å²) < 4.78 is 5.24. The predicted molar refractivity (Wildman–Crippen MR) is 101 cm³/mol. The summed E-state index contributed by atoms with van der Waals surface area (Å²) in [7, 11) is 0. The van der Waals surface area contributed by atoms with E-state index >= 15 is 0 Å². The van der Waals surface area contributed by atoms with E-state index in [1.54, 1.807) is 35.8 Å². The molecule has 0 aliphatic heterocycles. The van der Waals surface area contributed by atoms with E-state index in [0.29, 0.717) is 33.8 Å². The second kappa shape index (κ2) is 7.65. The molecule has 0 atom stereocenters. The largest absolute Gasteiger partial charge is 0.346 e. The first kappa shape index (κ1) is 17.3. The fourth-order valence-corrected chi connectivity index (χ4v) is 3.10. The highest BCUT2D eigenvalue weighted by molar-refractivity contribution is 7.12. The van der Waals surface area contributed by atoms with Gasteiger partial charge in [-0.3, -0.25) is 9.78 Å². The zero-order valence-corrected chi connectivity index (χ0v) is 15.4. The fourth-order valence-electron chi connectivity index (χ4n) is 2.26. The number of aromatic nitrogens is 4. The molecular formula is C18H12ClN5O2S. The van der Waals surface area contributed by atoms with E-state index in [9.17, 15) is 4.79 Å². The SMILES string of the molecule is O=C(NCc1ccc(Cl)cc1)c1nc(-c2nc(-c3ccccn3)no2)cs1. The van der Waals surface area contributed by atoms with Crippen LogP contribution < -0.4 is 5.32 Å². The maximum atomic E-state index is 12.3. The molecule has 1 N–H and O–H groups in total. The number of carbonyl (C=O) groups is 1. The smallest absolute Gasteiger partial charge is 0.280 e. The van der Waals surface area contributed by atoms with Crippen molar-refractivity contribution < 1.29 is 9.32 Å². The summed E-state index contributed by atoms with van der Waals surface area (Å²) in [5.74, 6) is 0.335. The highest BCUT2D eigenvalue weighted by atomic mass is 35.5. The van der Waals surface area contributed by atoms with Gasteiger partial charge < -0.3 is 9.84 Å². The number of hydrogen-bond acceptors (Lipinski definition) is 7. The Bertz CT molecular complexity index is 1060. The lowest BCUT2D eigenvalue weighted by Gasteiger charge is -2.03. The van der Waals surface area contributed by atoms with Gasteiger partial charge in [0.05, 0.1) is 0 Å². The first-order chi connectivity index (χ1) is 13.2. The Morgan fingerprint density at radius 2 is 1.96 bits per heavy atom. The molecule has 0 aliphatic rings. The lowest BCUT2D eigenvalue weighted by atomic mass is 10.2. The molecule has 27 heavy (non-hydrogen) atoms. The van der Waals surface area contributed by atoms with Crippen molar-refractivity contribution in [1.29, 1.82) is 0 Å². The van der Waals surface area contributed by atoms with Gasteiger partial charge >= 0.3 is 0 Å². The van der Waals surface area contributed by atoms with Crippen molar-refractivity contribution in [3.05, 3.63) is 69.6 Å². The van der Waals surface area contributed by atoms with Gasteiger partial charge in [-0.25, -0.2) is 4.98 Å². The Balaban J connectivity index is 1.44. The van der Waals surface area contributed by atoms with Crippen LogP contribution in [0.4, 0.5) is 0 Å². The van der Waals surface area contributed by atoms with Crippen molar-refractivity contribution in [1.82, 2.24) is 25.4 Å². The number of halogens is 1. The highest BCUT2D eigenvalue weighted by Crippen LogP contribution is 2.23. The van der Waals surface area contributed by atoms with Gasteiger partial charge in [0.25, 0.3) is 11.8 Å². The lowest BCUT2D eigenvalue weighted by Crippen LogP contribution is -2.22. The molecule has 0 saturated heterocycles. The first-order valence-electron chi connectivity index (χ1n) is 7.93. The first-order valence-corrected chi connectivity index (χ1v) is 9.18. The summed E-state index contributed by atoms with van der Waals surface area (Å²) in [6.45, 7) is 0.384. The third-order valence-corrected chi connectivity index (χ3v) is 4.70. The monoisotopic (exact) mass is 397 g/mol. The van der Waals surface area contributed by atoms with Gasteiger partial charge in [0, 0.05) is 23.1 Å². The maximum absolute atomic E-state index is 12.3. The number of rotatable bonds is 5. The molecule has 4 rings (SSSR count). The minimum absolute atomic E-state index is 0.239. The molecule has 7 nitrogen and oxygen atoms in total. The number of nitrogens with one attached hydrogen (secondary N) is 1. The Hall–Kier alpha value is -3.10. The number of hydrogen-bond donors (Lipinski definition) is 1. The zero-order chi connectivity index (χ0) is 18.6. The molecule has 3 aromatic heterocycles. The molecule has 3 heterocycles. The molecular weight excluding hydrogens is 386 g/mol. The summed E-state index contributed by atoms with van der Waals surface area (Å²) in [5, 5.41) is 9.39. The van der Waals surface area contributed by atoms with Crippen LogP contribution in [-0.2, 0) is 6.54 Å². The van der Waals surface area contributed by atoms with E-state index in [2.05, 4.69) is 25.4 Å². The molecule has 1 amide bonds. The second-order valence-corrected chi connectivity index (χ2v) is 6.78. The molecule has 134 valence electrons. The van der Waals surface area contributed by atoms with Crippen molar-refractivity contribution in [3.8, 4) is 23.1 Å². The minimum Gasteiger partial charge on any atom is -0.346 e.